The number of thioether (sulfide) groups is 1. The molecule has 3 aromatic carbocycles. The fourth-order valence-corrected chi connectivity index (χ4v) is 5.21. The fourth-order valence-electron chi connectivity index (χ4n) is 3.64. The molecule has 1 N–H and O–H groups in total. The molecule has 1 amide bonds. The highest BCUT2D eigenvalue weighted by Gasteiger charge is 2.23. The van der Waals surface area contributed by atoms with E-state index >= 15 is 0 Å². The number of hydrogen-bond donors (Lipinski definition) is 1. The Morgan fingerprint density at radius 3 is 2.29 bits per heavy atom. The number of amides is 1. The third-order valence-electron chi connectivity index (χ3n) is 5.31. The van der Waals surface area contributed by atoms with E-state index in [0.29, 0.717) is 31.9 Å². The highest BCUT2D eigenvalue weighted by molar-refractivity contribution is 8.00. The topological polar surface area (TPSA) is 69.7 Å². The maximum atomic E-state index is 12.4. The smallest absolute Gasteiger partial charge is 0.234 e. The van der Waals surface area contributed by atoms with Crippen LogP contribution in [0.25, 0.3) is 10.8 Å². The Labute approximate surface area is 187 Å². The van der Waals surface area contributed by atoms with Gasteiger partial charge in [-0.25, -0.2) is 8.42 Å². The lowest BCUT2D eigenvalue weighted by molar-refractivity contribution is -0.113. The number of hydrogen-bond acceptors (Lipinski definition) is 5. The molecule has 1 aliphatic rings. The van der Waals surface area contributed by atoms with Gasteiger partial charge >= 0.3 is 0 Å². The summed E-state index contributed by atoms with van der Waals surface area (Å²) in [6.07, 6.45) is 1.25. The van der Waals surface area contributed by atoms with Gasteiger partial charge in [0.1, 0.15) is 0 Å². The Bertz CT molecular complexity index is 1170. The Balaban J connectivity index is 1.29. The quantitative estimate of drug-likeness (QED) is 0.575. The van der Waals surface area contributed by atoms with Crippen LogP contribution in [-0.4, -0.2) is 56.8 Å². The van der Waals surface area contributed by atoms with Crippen molar-refractivity contribution in [3.05, 3.63) is 66.7 Å². The van der Waals surface area contributed by atoms with Gasteiger partial charge in [0.05, 0.1) is 12.0 Å². The van der Waals surface area contributed by atoms with Crippen molar-refractivity contribution in [1.29, 1.82) is 0 Å². The van der Waals surface area contributed by atoms with E-state index in [9.17, 15) is 13.2 Å². The molecule has 0 bridgehead atoms. The number of benzene rings is 3. The van der Waals surface area contributed by atoms with E-state index in [1.54, 1.807) is 0 Å². The van der Waals surface area contributed by atoms with Gasteiger partial charge in [0.15, 0.2) is 0 Å². The first kappa shape index (κ1) is 21.7. The predicted molar refractivity (Wildman–Crippen MR) is 128 cm³/mol. The molecule has 0 radical (unpaired) electrons. The second-order valence-electron chi connectivity index (χ2n) is 7.54. The van der Waals surface area contributed by atoms with Crippen LogP contribution < -0.4 is 10.2 Å². The van der Waals surface area contributed by atoms with Crippen LogP contribution in [0.4, 0.5) is 11.4 Å². The van der Waals surface area contributed by atoms with Crippen molar-refractivity contribution < 1.29 is 13.2 Å². The number of nitrogens with one attached hydrogen (secondary N) is 1. The standard InChI is InChI=1S/C23H25N3O3S2/c1-31(28,29)26-14-12-25(13-15-26)21-9-7-20(8-10-21)24-23(27)17-30-22-11-6-18-4-2-3-5-19(18)16-22/h2-11,16H,12-15,17H2,1H3,(H,24,27). The van der Waals surface area contributed by atoms with Crippen LogP contribution in [-0.2, 0) is 14.8 Å². The molecule has 0 aliphatic carbocycles. The lowest BCUT2D eigenvalue weighted by atomic mass is 10.1. The summed E-state index contributed by atoms with van der Waals surface area (Å²) in [5.74, 6) is 0.292. The lowest BCUT2D eigenvalue weighted by Crippen LogP contribution is -2.48. The molecular formula is C23H25N3O3S2. The van der Waals surface area contributed by atoms with Crippen molar-refractivity contribution in [3.63, 3.8) is 0 Å². The van der Waals surface area contributed by atoms with E-state index in [-0.39, 0.29) is 5.91 Å². The van der Waals surface area contributed by atoms with E-state index in [2.05, 4.69) is 34.5 Å². The minimum Gasteiger partial charge on any atom is -0.369 e. The number of sulfonamides is 1. The van der Waals surface area contributed by atoms with Gasteiger partial charge in [0.25, 0.3) is 0 Å². The zero-order valence-electron chi connectivity index (χ0n) is 17.3. The van der Waals surface area contributed by atoms with E-state index in [4.69, 9.17) is 0 Å². The molecule has 6 nitrogen and oxygen atoms in total. The summed E-state index contributed by atoms with van der Waals surface area (Å²) in [6.45, 7) is 2.29. The molecule has 0 aromatic heterocycles. The van der Waals surface area contributed by atoms with Crippen molar-refractivity contribution in [2.75, 3.05) is 48.4 Å². The lowest BCUT2D eigenvalue weighted by Gasteiger charge is -2.34. The fraction of sp³-hybridized carbons (Fsp3) is 0.261. The number of carbonyl (C=O) groups excluding carboxylic acids is 1. The Hall–Kier alpha value is -2.55. The molecule has 0 atom stereocenters. The van der Waals surface area contributed by atoms with Crippen LogP contribution in [0.2, 0.25) is 0 Å². The minimum atomic E-state index is -3.13. The Morgan fingerprint density at radius 2 is 1.61 bits per heavy atom. The van der Waals surface area contributed by atoms with Gasteiger partial charge in [0.2, 0.25) is 15.9 Å². The highest BCUT2D eigenvalue weighted by Crippen LogP contribution is 2.24. The van der Waals surface area contributed by atoms with Crippen LogP contribution in [0.15, 0.2) is 71.6 Å². The summed E-state index contributed by atoms with van der Waals surface area (Å²) in [6, 6.07) is 22.1. The molecular weight excluding hydrogens is 430 g/mol. The van der Waals surface area contributed by atoms with Crippen molar-refractivity contribution in [1.82, 2.24) is 4.31 Å². The molecule has 162 valence electrons. The van der Waals surface area contributed by atoms with Crippen LogP contribution in [0.3, 0.4) is 0 Å². The molecule has 3 aromatic rings. The number of fused-ring (bicyclic) bond motifs is 1. The van der Waals surface area contributed by atoms with Crippen molar-refractivity contribution >= 4 is 49.8 Å². The summed E-state index contributed by atoms with van der Waals surface area (Å²) in [5.41, 5.74) is 1.78. The van der Waals surface area contributed by atoms with Crippen molar-refractivity contribution in [2.24, 2.45) is 0 Å². The predicted octanol–water partition coefficient (Wildman–Crippen LogP) is 3.65. The first-order valence-electron chi connectivity index (χ1n) is 10.1. The van der Waals surface area contributed by atoms with Gasteiger partial charge < -0.3 is 10.2 Å². The van der Waals surface area contributed by atoms with Crippen LogP contribution in [0.5, 0.6) is 0 Å². The first-order chi connectivity index (χ1) is 14.9. The van der Waals surface area contributed by atoms with Crippen molar-refractivity contribution in [2.45, 2.75) is 4.90 Å². The van der Waals surface area contributed by atoms with Gasteiger partial charge in [-0.15, -0.1) is 11.8 Å². The van der Waals surface area contributed by atoms with Crippen LogP contribution >= 0.6 is 11.8 Å². The molecule has 1 heterocycles. The SMILES string of the molecule is CS(=O)(=O)N1CCN(c2ccc(NC(=O)CSc3ccc4ccccc4c3)cc2)CC1. The van der Waals surface area contributed by atoms with Crippen LogP contribution in [0.1, 0.15) is 0 Å². The maximum Gasteiger partial charge on any atom is 0.234 e. The number of anilines is 2. The van der Waals surface area contributed by atoms with Crippen molar-refractivity contribution in [3.8, 4) is 0 Å². The van der Waals surface area contributed by atoms with Gasteiger partial charge in [-0.2, -0.15) is 4.31 Å². The van der Waals surface area contributed by atoms with Gasteiger partial charge in [0, 0.05) is 42.4 Å². The first-order valence-corrected chi connectivity index (χ1v) is 12.9. The van der Waals surface area contributed by atoms with E-state index in [1.807, 2.05) is 42.5 Å². The number of piperazine rings is 1. The van der Waals surface area contributed by atoms with Gasteiger partial charge in [-0.05, 0) is 47.2 Å². The monoisotopic (exact) mass is 455 g/mol. The second kappa shape index (κ2) is 9.30. The van der Waals surface area contributed by atoms with Gasteiger partial charge in [-0.1, -0.05) is 30.3 Å². The zero-order valence-corrected chi connectivity index (χ0v) is 19.0. The third-order valence-corrected chi connectivity index (χ3v) is 7.61. The number of carbonyl (C=O) groups is 1. The third kappa shape index (κ3) is 5.58. The molecule has 0 unspecified atom stereocenters. The zero-order chi connectivity index (χ0) is 21.8. The van der Waals surface area contributed by atoms with E-state index < -0.39 is 10.0 Å². The molecule has 1 saturated heterocycles. The highest BCUT2D eigenvalue weighted by atomic mass is 32.2. The summed E-state index contributed by atoms with van der Waals surface area (Å²) in [5, 5.41) is 5.30. The maximum absolute atomic E-state index is 12.4. The summed E-state index contributed by atoms with van der Waals surface area (Å²) in [4.78, 5) is 15.6. The molecule has 31 heavy (non-hydrogen) atoms. The number of nitrogens with zero attached hydrogens (tertiary/aromatic N) is 2. The Morgan fingerprint density at radius 1 is 0.935 bits per heavy atom. The summed E-state index contributed by atoms with van der Waals surface area (Å²) < 4.78 is 24.8. The largest absolute Gasteiger partial charge is 0.369 e. The summed E-state index contributed by atoms with van der Waals surface area (Å²) in [7, 11) is -3.13. The van der Waals surface area contributed by atoms with E-state index in [1.165, 1.54) is 33.1 Å². The average molecular weight is 456 g/mol. The minimum absolute atomic E-state index is 0.0484. The molecule has 4 rings (SSSR count). The normalized spacial score (nSPS) is 15.2. The molecule has 8 heteroatoms. The second-order valence-corrected chi connectivity index (χ2v) is 10.6. The molecule has 1 aliphatic heterocycles. The number of rotatable bonds is 6. The molecule has 0 spiro atoms. The van der Waals surface area contributed by atoms with Gasteiger partial charge in [-0.3, -0.25) is 4.79 Å². The Kier molecular flexibility index (Phi) is 6.50. The summed E-state index contributed by atoms with van der Waals surface area (Å²) >= 11 is 1.52. The average Bonchev–Trinajstić information content (AvgIpc) is 2.77. The van der Waals surface area contributed by atoms with E-state index in [0.717, 1.165) is 16.3 Å². The molecule has 0 saturated carbocycles. The van der Waals surface area contributed by atoms with Crippen LogP contribution in [0, 0.1) is 0 Å². The molecule has 1 fully saturated rings.